The summed E-state index contributed by atoms with van der Waals surface area (Å²) in [5, 5.41) is 4.26. The van der Waals surface area contributed by atoms with Crippen LogP contribution >= 0.6 is 0 Å². The average Bonchev–Trinajstić information content (AvgIpc) is 4.03. The van der Waals surface area contributed by atoms with Gasteiger partial charge in [0.1, 0.15) is 0 Å². The van der Waals surface area contributed by atoms with Gasteiger partial charge in [0.15, 0.2) is 0 Å². The van der Waals surface area contributed by atoms with Crippen molar-refractivity contribution in [3.8, 4) is 44.9 Å². The fourth-order valence-electron chi connectivity index (χ4n) is 15.7. The molecule has 0 N–H and O–H groups in total. The first-order valence-corrected chi connectivity index (χ1v) is 26.5. The Kier molecular flexibility index (Phi) is 7.83. The van der Waals surface area contributed by atoms with E-state index in [2.05, 4.69) is 201 Å². The van der Waals surface area contributed by atoms with Crippen molar-refractivity contribution in [1.82, 2.24) is 9.13 Å². The molecule has 3 aliphatic carbocycles. The van der Waals surface area contributed by atoms with E-state index in [1.54, 1.807) is 11.1 Å². The summed E-state index contributed by atoms with van der Waals surface area (Å²) < 4.78 is 5.54. The highest BCUT2D eigenvalue weighted by Crippen LogP contribution is 2.62. The van der Waals surface area contributed by atoms with Crippen LogP contribution < -0.4 is 16.4 Å². The predicted octanol–water partition coefficient (Wildman–Crippen LogP) is 15.2. The van der Waals surface area contributed by atoms with E-state index in [1.165, 1.54) is 168 Å². The zero-order chi connectivity index (χ0) is 46.4. The van der Waals surface area contributed by atoms with Crippen molar-refractivity contribution >= 4 is 55.8 Å². The van der Waals surface area contributed by atoms with E-state index in [1.807, 2.05) is 0 Å². The number of fused-ring (bicyclic) bond motifs is 11. The smallest absolute Gasteiger partial charge is 0.252 e. The lowest BCUT2D eigenvalue weighted by Gasteiger charge is -2.44. The summed E-state index contributed by atoms with van der Waals surface area (Å²) in [5.41, 5.74) is 28.3. The van der Waals surface area contributed by atoms with E-state index in [0.29, 0.717) is 22.7 Å². The van der Waals surface area contributed by atoms with Crippen LogP contribution in [0.1, 0.15) is 124 Å². The molecule has 0 saturated heterocycles. The lowest BCUT2D eigenvalue weighted by Crippen LogP contribution is -2.60. The molecule has 0 amide bonds. The second-order valence-corrected chi connectivity index (χ2v) is 23.9. The van der Waals surface area contributed by atoms with Crippen LogP contribution in [0.5, 0.6) is 0 Å². The molecule has 16 rings (SSSR count). The van der Waals surface area contributed by atoms with Crippen molar-refractivity contribution in [2.45, 2.75) is 96.3 Å². The Labute approximate surface area is 412 Å². The van der Waals surface area contributed by atoms with Gasteiger partial charge in [0.25, 0.3) is 6.71 Å². The highest BCUT2D eigenvalue weighted by atomic mass is 15.1. The van der Waals surface area contributed by atoms with Crippen molar-refractivity contribution in [2.24, 2.45) is 10.8 Å². The molecular formula is C67H57BN2. The molecule has 0 unspecified atom stereocenters. The minimum Gasteiger partial charge on any atom is -0.310 e. The summed E-state index contributed by atoms with van der Waals surface area (Å²) in [6.45, 7) is 10.0. The molecule has 3 heteroatoms. The van der Waals surface area contributed by atoms with Crippen LogP contribution in [-0.4, -0.2) is 15.8 Å². The molecule has 5 heterocycles. The lowest BCUT2D eigenvalue weighted by molar-refractivity contribution is 0.224. The number of nitrogens with zero attached hydrogens (tertiary/aromatic N) is 2. The molecule has 0 radical (unpaired) electrons. The average molecular weight is 901 g/mol. The van der Waals surface area contributed by atoms with Crippen LogP contribution in [0.2, 0.25) is 0 Å². The fraction of sp³-hybridized carbons (Fsp3) is 0.254. The van der Waals surface area contributed by atoms with Gasteiger partial charge in [-0.25, -0.2) is 0 Å². The summed E-state index contributed by atoms with van der Waals surface area (Å²) in [5.74, 6) is 1.09. The van der Waals surface area contributed by atoms with Crippen LogP contribution in [0.15, 0.2) is 164 Å². The highest BCUT2D eigenvalue weighted by Gasteiger charge is 2.55. The monoisotopic (exact) mass is 900 g/mol. The van der Waals surface area contributed by atoms with Gasteiger partial charge in [-0.3, -0.25) is 0 Å². The molecule has 338 valence electrons. The molecule has 2 saturated carbocycles. The maximum absolute atomic E-state index is 2.84. The standard InChI is InChI=1S/C67H57BN2/c1-65(2)32-28-40(29-33-65)44-36-49-50-37-45(41-30-34-66(3,4)35-31-41)39-56-63(50)70-61(49)54(38-44)67(51-23-13-11-20-46(51)47-21-12-14-24-52(47)67)53-26-27-57-59(64(53)70)68(56)55-25-15-22-48-58(42-16-7-5-8-17-42)60(69(57)62(48)55)43-18-9-6-10-19-43/h5-27,36-41H,28-35H2,1-4H3. The van der Waals surface area contributed by atoms with Gasteiger partial charge >= 0.3 is 0 Å². The van der Waals surface area contributed by atoms with Crippen molar-refractivity contribution in [1.29, 1.82) is 0 Å². The normalized spacial score (nSPS) is 18.6. The van der Waals surface area contributed by atoms with Crippen LogP contribution in [0.25, 0.3) is 77.6 Å². The van der Waals surface area contributed by atoms with Gasteiger partial charge in [0.05, 0.1) is 16.6 Å². The van der Waals surface area contributed by atoms with E-state index in [0.717, 1.165) is 0 Å². The summed E-state index contributed by atoms with van der Waals surface area (Å²) in [6, 6.07) is 64.8. The Morgan fingerprint density at radius 1 is 0.443 bits per heavy atom. The van der Waals surface area contributed by atoms with E-state index in [-0.39, 0.29) is 6.71 Å². The van der Waals surface area contributed by atoms with E-state index in [9.17, 15) is 0 Å². The van der Waals surface area contributed by atoms with Crippen LogP contribution in [-0.2, 0) is 5.41 Å². The minimum atomic E-state index is -0.496. The SMILES string of the molecule is CC1(C)CCC(c2cc3c4c(c2)c2cc(C5CCC(C)(C)CC5)cc5c2n4-c2c(ccc4c2B3c2cccc3c(-c6ccccc6)c(-c6ccccc6)n-4c23)C52c3ccccc3-c3ccccc32)CC1. The zero-order valence-corrected chi connectivity index (χ0v) is 40.9. The predicted molar refractivity (Wildman–Crippen MR) is 294 cm³/mol. The molecule has 6 aliphatic rings. The Bertz CT molecular complexity index is 3850. The molecular weight excluding hydrogens is 844 g/mol. The zero-order valence-electron chi connectivity index (χ0n) is 40.9. The highest BCUT2D eigenvalue weighted by molar-refractivity contribution is 7.00. The summed E-state index contributed by atoms with van der Waals surface area (Å²) in [4.78, 5) is 0. The summed E-state index contributed by atoms with van der Waals surface area (Å²) >= 11 is 0. The molecule has 70 heavy (non-hydrogen) atoms. The third-order valence-corrected chi connectivity index (χ3v) is 19.1. The number of rotatable bonds is 4. The largest absolute Gasteiger partial charge is 0.310 e. The van der Waals surface area contributed by atoms with Crippen LogP contribution in [0.4, 0.5) is 0 Å². The first kappa shape index (κ1) is 40.0. The summed E-state index contributed by atoms with van der Waals surface area (Å²) in [6.07, 6.45) is 10.1. The van der Waals surface area contributed by atoms with Crippen molar-refractivity contribution in [3.05, 3.63) is 197 Å². The Morgan fingerprint density at radius 2 is 1.00 bits per heavy atom. The number of benzene rings is 8. The Morgan fingerprint density at radius 3 is 1.64 bits per heavy atom. The van der Waals surface area contributed by atoms with Gasteiger partial charge in [-0.2, -0.15) is 0 Å². The maximum Gasteiger partial charge on any atom is 0.252 e. The molecule has 0 atom stereocenters. The van der Waals surface area contributed by atoms with Crippen molar-refractivity contribution in [3.63, 3.8) is 0 Å². The molecule has 10 aromatic rings. The Balaban J connectivity index is 1.10. The van der Waals surface area contributed by atoms with Gasteiger partial charge in [-0.15, -0.1) is 0 Å². The second-order valence-electron chi connectivity index (χ2n) is 23.9. The first-order chi connectivity index (χ1) is 34.2. The molecule has 2 nitrogen and oxygen atoms in total. The van der Waals surface area contributed by atoms with E-state index >= 15 is 0 Å². The third kappa shape index (κ3) is 5.01. The van der Waals surface area contributed by atoms with Gasteiger partial charge in [0, 0.05) is 44.1 Å². The molecule has 0 bridgehead atoms. The third-order valence-electron chi connectivity index (χ3n) is 19.1. The Hall–Kier alpha value is -6.84. The fourth-order valence-corrected chi connectivity index (χ4v) is 15.7. The molecule has 8 aromatic carbocycles. The van der Waals surface area contributed by atoms with Gasteiger partial charge in [-0.05, 0) is 164 Å². The molecule has 2 aromatic heterocycles. The van der Waals surface area contributed by atoms with E-state index in [4.69, 9.17) is 0 Å². The minimum absolute atomic E-state index is 0.0631. The van der Waals surface area contributed by atoms with Gasteiger partial charge in [0.2, 0.25) is 0 Å². The molecule has 3 aliphatic heterocycles. The quantitative estimate of drug-likeness (QED) is 0.156. The van der Waals surface area contributed by atoms with Gasteiger partial charge in [-0.1, -0.05) is 173 Å². The lowest BCUT2D eigenvalue weighted by atomic mass is 9.33. The summed E-state index contributed by atoms with van der Waals surface area (Å²) in [7, 11) is 0. The van der Waals surface area contributed by atoms with Crippen LogP contribution in [0.3, 0.4) is 0 Å². The van der Waals surface area contributed by atoms with Crippen molar-refractivity contribution in [2.75, 3.05) is 0 Å². The van der Waals surface area contributed by atoms with Crippen LogP contribution in [0, 0.1) is 10.8 Å². The van der Waals surface area contributed by atoms with Crippen molar-refractivity contribution < 1.29 is 0 Å². The topological polar surface area (TPSA) is 9.86 Å². The number of hydrogen-bond acceptors (Lipinski definition) is 0. The maximum atomic E-state index is 2.84. The molecule has 2 fully saturated rings. The molecule has 1 spiro atoms. The second kappa shape index (κ2) is 13.7. The number of hydrogen-bond donors (Lipinski definition) is 0. The van der Waals surface area contributed by atoms with E-state index < -0.39 is 5.41 Å². The number of aromatic nitrogens is 2. The number of para-hydroxylation sites is 1. The van der Waals surface area contributed by atoms with Gasteiger partial charge < -0.3 is 9.13 Å². The first-order valence-electron chi connectivity index (χ1n) is 26.5.